The molecule has 0 fully saturated rings. The summed E-state index contributed by atoms with van der Waals surface area (Å²) in [5.74, 6) is -0.843. The van der Waals surface area contributed by atoms with Crippen molar-refractivity contribution in [3.05, 3.63) is 11.1 Å². The summed E-state index contributed by atoms with van der Waals surface area (Å²) in [6.07, 6.45) is 0.946. The quantitative estimate of drug-likeness (QED) is 0.516. The average Bonchev–Trinajstić information content (AvgIpc) is 2.25. The van der Waals surface area contributed by atoms with Crippen molar-refractivity contribution < 1.29 is 19.1 Å². The second-order valence-corrected chi connectivity index (χ2v) is 3.11. The number of ether oxygens (including phenoxy) is 2. The Morgan fingerprint density at radius 2 is 1.06 bits per heavy atom. The summed E-state index contributed by atoms with van der Waals surface area (Å²) in [4.78, 5) is 23.2. The highest BCUT2D eigenvalue weighted by atomic mass is 16.5. The van der Waals surface area contributed by atoms with Gasteiger partial charge in [0.2, 0.25) is 0 Å². The summed E-state index contributed by atoms with van der Waals surface area (Å²) in [6, 6.07) is 0. The first-order valence-corrected chi connectivity index (χ1v) is 5.68. The lowest BCUT2D eigenvalue weighted by Gasteiger charge is -2.10. The fourth-order valence-electron chi connectivity index (χ4n) is 1.40. The van der Waals surface area contributed by atoms with Gasteiger partial charge >= 0.3 is 11.9 Å². The fraction of sp³-hybridized carbons (Fsp3) is 0.667. The normalized spacial score (nSPS) is 11.8. The summed E-state index contributed by atoms with van der Waals surface area (Å²) in [6.45, 7) is 7.73. The molecule has 0 aromatic rings. The molecule has 0 bridgehead atoms. The molecule has 4 nitrogen and oxygen atoms in total. The molecule has 16 heavy (non-hydrogen) atoms. The summed E-state index contributed by atoms with van der Waals surface area (Å²) in [7, 11) is 0. The minimum atomic E-state index is -0.421. The molecule has 0 aliphatic rings. The van der Waals surface area contributed by atoms with E-state index in [4.69, 9.17) is 9.47 Å². The highest BCUT2D eigenvalue weighted by Gasteiger charge is 2.19. The lowest BCUT2D eigenvalue weighted by Crippen LogP contribution is -2.16. The van der Waals surface area contributed by atoms with Crippen LogP contribution in [0.2, 0.25) is 0 Å². The zero-order valence-corrected chi connectivity index (χ0v) is 10.5. The second kappa shape index (κ2) is 7.91. The highest BCUT2D eigenvalue weighted by Crippen LogP contribution is 2.16. The SMILES string of the molecule is CCOC(=O)/C(CC)=C(/CC)C(=O)OCC. The molecule has 0 saturated heterocycles. The van der Waals surface area contributed by atoms with Gasteiger partial charge in [-0.3, -0.25) is 0 Å². The van der Waals surface area contributed by atoms with E-state index in [0.717, 1.165) is 0 Å². The number of hydrogen-bond donors (Lipinski definition) is 0. The Labute approximate surface area is 96.6 Å². The van der Waals surface area contributed by atoms with Crippen LogP contribution >= 0.6 is 0 Å². The molecule has 0 aliphatic heterocycles. The van der Waals surface area contributed by atoms with E-state index in [1.165, 1.54) is 0 Å². The first kappa shape index (κ1) is 14.7. The van der Waals surface area contributed by atoms with E-state index in [1.54, 1.807) is 13.8 Å². The first-order chi connectivity index (χ1) is 7.62. The lowest BCUT2D eigenvalue weighted by atomic mass is 10.0. The minimum Gasteiger partial charge on any atom is -0.463 e. The zero-order valence-electron chi connectivity index (χ0n) is 10.5. The topological polar surface area (TPSA) is 52.6 Å². The summed E-state index contributed by atoms with van der Waals surface area (Å²) in [5, 5.41) is 0. The number of carbonyl (C=O) groups excluding carboxylic acids is 2. The number of carbonyl (C=O) groups is 2. The van der Waals surface area contributed by atoms with Crippen molar-refractivity contribution in [2.45, 2.75) is 40.5 Å². The van der Waals surface area contributed by atoms with Crippen molar-refractivity contribution in [2.75, 3.05) is 13.2 Å². The van der Waals surface area contributed by atoms with E-state index in [2.05, 4.69) is 0 Å². The van der Waals surface area contributed by atoms with E-state index in [1.807, 2.05) is 13.8 Å². The van der Waals surface area contributed by atoms with E-state index in [0.29, 0.717) is 37.2 Å². The minimum absolute atomic E-state index is 0.308. The number of hydrogen-bond acceptors (Lipinski definition) is 4. The maximum atomic E-state index is 11.6. The Kier molecular flexibility index (Phi) is 7.25. The number of esters is 2. The van der Waals surface area contributed by atoms with Crippen LogP contribution in [0.25, 0.3) is 0 Å². The van der Waals surface area contributed by atoms with Gasteiger partial charge in [0.15, 0.2) is 0 Å². The van der Waals surface area contributed by atoms with Crippen molar-refractivity contribution >= 4 is 11.9 Å². The van der Waals surface area contributed by atoms with Crippen LogP contribution in [0, 0.1) is 0 Å². The van der Waals surface area contributed by atoms with Crippen molar-refractivity contribution in [1.29, 1.82) is 0 Å². The monoisotopic (exact) mass is 228 g/mol. The van der Waals surface area contributed by atoms with Gasteiger partial charge in [0.25, 0.3) is 0 Å². The second-order valence-electron chi connectivity index (χ2n) is 3.11. The van der Waals surface area contributed by atoms with E-state index in [-0.39, 0.29) is 0 Å². The van der Waals surface area contributed by atoms with Gasteiger partial charge in [-0.05, 0) is 26.7 Å². The van der Waals surface area contributed by atoms with Crippen LogP contribution in [0.3, 0.4) is 0 Å². The van der Waals surface area contributed by atoms with Crippen LogP contribution < -0.4 is 0 Å². The molecular weight excluding hydrogens is 208 g/mol. The van der Waals surface area contributed by atoms with Crippen molar-refractivity contribution in [1.82, 2.24) is 0 Å². The molecule has 0 radical (unpaired) electrons. The molecule has 0 aromatic heterocycles. The molecule has 0 unspecified atom stereocenters. The molecule has 0 amide bonds. The van der Waals surface area contributed by atoms with Crippen LogP contribution in [-0.2, 0) is 19.1 Å². The summed E-state index contributed by atoms with van der Waals surface area (Å²) in [5.41, 5.74) is 0.839. The molecule has 0 aliphatic carbocycles. The van der Waals surface area contributed by atoms with Gasteiger partial charge in [-0.1, -0.05) is 13.8 Å². The van der Waals surface area contributed by atoms with Gasteiger partial charge in [0, 0.05) is 11.1 Å². The molecule has 0 saturated carbocycles. The van der Waals surface area contributed by atoms with Gasteiger partial charge in [-0.25, -0.2) is 9.59 Å². The van der Waals surface area contributed by atoms with E-state index >= 15 is 0 Å². The Hall–Kier alpha value is -1.32. The molecular formula is C12H20O4. The Bertz CT molecular complexity index is 251. The third kappa shape index (κ3) is 4.04. The maximum Gasteiger partial charge on any atom is 0.334 e. The third-order valence-electron chi connectivity index (χ3n) is 2.12. The van der Waals surface area contributed by atoms with Crippen molar-refractivity contribution in [2.24, 2.45) is 0 Å². The molecule has 4 heteroatoms. The van der Waals surface area contributed by atoms with Crippen molar-refractivity contribution in [3.63, 3.8) is 0 Å². The number of rotatable bonds is 6. The van der Waals surface area contributed by atoms with Crippen LogP contribution in [0.5, 0.6) is 0 Å². The van der Waals surface area contributed by atoms with Gasteiger partial charge in [0.1, 0.15) is 0 Å². The Morgan fingerprint density at radius 3 is 1.25 bits per heavy atom. The van der Waals surface area contributed by atoms with Crippen LogP contribution in [0.1, 0.15) is 40.5 Å². The van der Waals surface area contributed by atoms with Gasteiger partial charge in [-0.2, -0.15) is 0 Å². The highest BCUT2D eigenvalue weighted by molar-refractivity contribution is 6.00. The molecule has 0 atom stereocenters. The van der Waals surface area contributed by atoms with E-state index < -0.39 is 11.9 Å². The fourth-order valence-corrected chi connectivity index (χ4v) is 1.40. The standard InChI is InChI=1S/C12H20O4/c1-5-9(11(13)15-7-3)10(6-2)12(14)16-8-4/h5-8H2,1-4H3/b10-9-. The smallest absolute Gasteiger partial charge is 0.334 e. The van der Waals surface area contributed by atoms with Crippen molar-refractivity contribution in [3.8, 4) is 0 Å². The van der Waals surface area contributed by atoms with Gasteiger partial charge in [-0.15, -0.1) is 0 Å². The van der Waals surface area contributed by atoms with Gasteiger partial charge < -0.3 is 9.47 Å². The largest absolute Gasteiger partial charge is 0.463 e. The molecule has 0 heterocycles. The predicted molar refractivity (Wildman–Crippen MR) is 60.9 cm³/mol. The third-order valence-corrected chi connectivity index (χ3v) is 2.12. The average molecular weight is 228 g/mol. The lowest BCUT2D eigenvalue weighted by molar-refractivity contribution is -0.142. The Balaban J connectivity index is 5.04. The molecule has 0 spiro atoms. The van der Waals surface area contributed by atoms with Crippen LogP contribution in [0.15, 0.2) is 11.1 Å². The van der Waals surface area contributed by atoms with E-state index in [9.17, 15) is 9.59 Å². The zero-order chi connectivity index (χ0) is 12.6. The van der Waals surface area contributed by atoms with Crippen LogP contribution in [-0.4, -0.2) is 25.2 Å². The molecule has 0 N–H and O–H groups in total. The maximum absolute atomic E-state index is 11.6. The molecule has 0 rings (SSSR count). The summed E-state index contributed by atoms with van der Waals surface area (Å²) < 4.78 is 9.80. The van der Waals surface area contributed by atoms with Crippen LogP contribution in [0.4, 0.5) is 0 Å². The Morgan fingerprint density at radius 1 is 0.750 bits per heavy atom. The first-order valence-electron chi connectivity index (χ1n) is 5.68. The van der Waals surface area contributed by atoms with Gasteiger partial charge in [0.05, 0.1) is 13.2 Å². The predicted octanol–water partition coefficient (Wildman–Crippen LogP) is 2.23. The summed E-state index contributed by atoms with van der Waals surface area (Å²) >= 11 is 0. The molecule has 0 aromatic carbocycles. The molecule has 92 valence electrons.